The molecule has 2 amide bonds. The Hall–Kier alpha value is -3.30. The highest BCUT2D eigenvalue weighted by atomic mass is 35.5. The van der Waals surface area contributed by atoms with E-state index in [1.54, 1.807) is 23.1 Å². The third-order valence-corrected chi connectivity index (χ3v) is 6.58. The highest BCUT2D eigenvalue weighted by Crippen LogP contribution is 2.49. The Bertz CT molecular complexity index is 1160. The van der Waals surface area contributed by atoms with Crippen molar-refractivity contribution < 1.29 is 14.7 Å². The number of halogens is 1. The summed E-state index contributed by atoms with van der Waals surface area (Å²) in [6.07, 6.45) is 1.43. The van der Waals surface area contributed by atoms with Crippen molar-refractivity contribution in [2.45, 2.75) is 31.5 Å². The Kier molecular flexibility index (Phi) is 5.82. The van der Waals surface area contributed by atoms with Crippen molar-refractivity contribution in [2.24, 2.45) is 11.8 Å². The highest BCUT2D eigenvalue weighted by molar-refractivity contribution is 6.30. The van der Waals surface area contributed by atoms with E-state index in [4.69, 9.17) is 11.6 Å². The number of carbonyl (C=O) groups is 2. The fourth-order valence-corrected chi connectivity index (χ4v) is 4.82. The standard InChI is InChI=1S/C23H23ClN6O3/c24-17-6-7-19(30-13-26-27-28-30)15(9-17)11-25-22(32)21-18-10-16(18)12-29(21)23(33)20(31)8-14-4-2-1-3-5-14/h1-7,9,13,16,18,20-21,31H,8,10-12H2,(H,25,32)/t16-,18-,20+,21-/m0/s1. The van der Waals surface area contributed by atoms with Crippen LogP contribution in [-0.2, 0) is 22.6 Å². The van der Waals surface area contributed by atoms with Gasteiger partial charge in [-0.1, -0.05) is 41.9 Å². The summed E-state index contributed by atoms with van der Waals surface area (Å²) in [7, 11) is 0. The second kappa shape index (κ2) is 8.92. The Morgan fingerprint density at radius 2 is 2.03 bits per heavy atom. The number of carbonyl (C=O) groups excluding carboxylic acids is 2. The molecule has 0 unspecified atom stereocenters. The van der Waals surface area contributed by atoms with E-state index < -0.39 is 18.1 Å². The molecular weight excluding hydrogens is 444 g/mol. The number of fused-ring (bicyclic) bond motifs is 1. The van der Waals surface area contributed by atoms with Gasteiger partial charge in [0.05, 0.1) is 5.69 Å². The molecule has 1 aromatic heterocycles. The van der Waals surface area contributed by atoms with Crippen LogP contribution in [0.2, 0.25) is 5.02 Å². The number of aromatic nitrogens is 4. The number of nitrogens with zero attached hydrogens (tertiary/aromatic N) is 5. The zero-order valence-electron chi connectivity index (χ0n) is 17.7. The van der Waals surface area contributed by atoms with Crippen LogP contribution in [0.4, 0.5) is 0 Å². The van der Waals surface area contributed by atoms with Gasteiger partial charge in [0.15, 0.2) is 0 Å². The number of hydrogen-bond acceptors (Lipinski definition) is 6. The van der Waals surface area contributed by atoms with Crippen molar-refractivity contribution in [1.29, 1.82) is 0 Å². The number of amides is 2. The molecule has 1 aliphatic heterocycles. The molecule has 2 heterocycles. The minimum atomic E-state index is -1.18. The minimum absolute atomic E-state index is 0.135. The molecule has 2 aromatic carbocycles. The number of nitrogens with one attached hydrogen (secondary N) is 1. The average molecular weight is 467 g/mol. The SMILES string of the molecule is O=C(NCc1cc(Cl)ccc1-n1cnnn1)[C@@H]1[C@H]2C[C@H]2CN1C(=O)[C@H](O)Cc1ccccc1. The fourth-order valence-electron chi connectivity index (χ4n) is 4.62. The minimum Gasteiger partial charge on any atom is -0.383 e. The molecule has 1 saturated heterocycles. The van der Waals surface area contributed by atoms with Crippen LogP contribution in [0.3, 0.4) is 0 Å². The molecular formula is C23H23ClN6O3. The summed E-state index contributed by atoms with van der Waals surface area (Å²) in [6.45, 7) is 0.706. The summed E-state index contributed by atoms with van der Waals surface area (Å²) in [6, 6.07) is 14.0. The monoisotopic (exact) mass is 466 g/mol. The number of benzene rings is 2. The molecule has 10 heteroatoms. The quantitative estimate of drug-likeness (QED) is 0.544. The summed E-state index contributed by atoms with van der Waals surface area (Å²) in [4.78, 5) is 27.7. The van der Waals surface area contributed by atoms with Gasteiger partial charge in [0, 0.05) is 24.5 Å². The Balaban J connectivity index is 1.27. The van der Waals surface area contributed by atoms with Crippen LogP contribution in [0.1, 0.15) is 17.5 Å². The highest BCUT2D eigenvalue weighted by Gasteiger charge is 2.57. The predicted octanol–water partition coefficient (Wildman–Crippen LogP) is 1.38. The molecule has 5 rings (SSSR count). The van der Waals surface area contributed by atoms with Gasteiger partial charge in [-0.05, 0) is 58.0 Å². The van der Waals surface area contributed by atoms with Crippen LogP contribution in [0, 0.1) is 11.8 Å². The lowest BCUT2D eigenvalue weighted by molar-refractivity contribution is -0.146. The fraction of sp³-hybridized carbons (Fsp3) is 0.348. The topological polar surface area (TPSA) is 113 Å². The van der Waals surface area contributed by atoms with Gasteiger partial charge in [0.25, 0.3) is 5.91 Å². The maximum Gasteiger partial charge on any atom is 0.252 e. The van der Waals surface area contributed by atoms with Crippen molar-refractivity contribution in [2.75, 3.05) is 6.54 Å². The van der Waals surface area contributed by atoms with Gasteiger partial charge in [0.1, 0.15) is 18.5 Å². The normalized spacial score (nSPS) is 22.0. The summed E-state index contributed by atoms with van der Waals surface area (Å²) >= 11 is 6.16. The van der Waals surface area contributed by atoms with Gasteiger partial charge in [-0.25, -0.2) is 4.68 Å². The molecule has 2 fully saturated rings. The largest absolute Gasteiger partial charge is 0.383 e. The van der Waals surface area contributed by atoms with E-state index in [-0.39, 0.29) is 24.8 Å². The molecule has 0 spiro atoms. The maximum absolute atomic E-state index is 13.2. The number of likely N-dealkylation sites (tertiary alicyclic amines) is 1. The van der Waals surface area contributed by atoms with Gasteiger partial charge in [-0.2, -0.15) is 0 Å². The van der Waals surface area contributed by atoms with Crippen LogP contribution in [0.25, 0.3) is 5.69 Å². The van der Waals surface area contributed by atoms with Crippen molar-refractivity contribution in [3.8, 4) is 5.69 Å². The van der Waals surface area contributed by atoms with E-state index in [9.17, 15) is 14.7 Å². The summed E-state index contributed by atoms with van der Waals surface area (Å²) in [5, 5.41) is 25.2. The summed E-state index contributed by atoms with van der Waals surface area (Å²) in [5.74, 6) is -0.181. The molecule has 0 radical (unpaired) electrons. The Morgan fingerprint density at radius 1 is 1.21 bits per heavy atom. The smallest absolute Gasteiger partial charge is 0.252 e. The molecule has 1 saturated carbocycles. The zero-order valence-corrected chi connectivity index (χ0v) is 18.5. The van der Waals surface area contributed by atoms with E-state index in [2.05, 4.69) is 20.8 Å². The third kappa shape index (κ3) is 4.46. The van der Waals surface area contributed by atoms with Crippen LogP contribution >= 0.6 is 11.6 Å². The van der Waals surface area contributed by atoms with Gasteiger partial charge in [0.2, 0.25) is 5.91 Å². The van der Waals surface area contributed by atoms with E-state index in [1.165, 1.54) is 11.0 Å². The van der Waals surface area contributed by atoms with Crippen LogP contribution in [-0.4, -0.2) is 60.7 Å². The Labute approximate surface area is 195 Å². The molecule has 3 aromatic rings. The predicted molar refractivity (Wildman–Crippen MR) is 119 cm³/mol. The molecule has 33 heavy (non-hydrogen) atoms. The number of aliphatic hydroxyl groups is 1. The van der Waals surface area contributed by atoms with Gasteiger partial charge >= 0.3 is 0 Å². The first-order valence-electron chi connectivity index (χ1n) is 10.8. The van der Waals surface area contributed by atoms with E-state index in [0.29, 0.717) is 23.2 Å². The maximum atomic E-state index is 13.2. The second-order valence-corrected chi connectivity index (χ2v) is 8.98. The van der Waals surface area contributed by atoms with E-state index in [0.717, 1.165) is 17.5 Å². The zero-order chi connectivity index (χ0) is 22.9. The molecule has 2 N–H and O–H groups in total. The van der Waals surface area contributed by atoms with E-state index in [1.807, 2.05) is 30.3 Å². The number of aliphatic hydroxyl groups excluding tert-OH is 1. The average Bonchev–Trinajstić information content (AvgIpc) is 3.21. The number of piperidine rings is 1. The van der Waals surface area contributed by atoms with Crippen molar-refractivity contribution >= 4 is 23.4 Å². The lowest BCUT2D eigenvalue weighted by Crippen LogP contribution is -2.51. The van der Waals surface area contributed by atoms with Crippen LogP contribution in [0.15, 0.2) is 54.9 Å². The molecule has 4 atom stereocenters. The van der Waals surface area contributed by atoms with Crippen LogP contribution < -0.4 is 5.32 Å². The van der Waals surface area contributed by atoms with Gasteiger partial charge in [-0.15, -0.1) is 5.10 Å². The Morgan fingerprint density at radius 3 is 2.79 bits per heavy atom. The molecule has 1 aliphatic carbocycles. The van der Waals surface area contributed by atoms with Crippen molar-refractivity contribution in [3.05, 3.63) is 71.0 Å². The summed E-state index contributed by atoms with van der Waals surface area (Å²) < 4.78 is 1.50. The first-order chi connectivity index (χ1) is 16.0. The lowest BCUT2D eigenvalue weighted by atomic mass is 10.1. The number of tetrazole rings is 1. The first-order valence-corrected chi connectivity index (χ1v) is 11.2. The number of rotatable bonds is 7. The molecule has 9 nitrogen and oxygen atoms in total. The van der Waals surface area contributed by atoms with Crippen LogP contribution in [0.5, 0.6) is 0 Å². The van der Waals surface area contributed by atoms with Crippen molar-refractivity contribution in [1.82, 2.24) is 30.4 Å². The van der Waals surface area contributed by atoms with Gasteiger partial charge < -0.3 is 15.3 Å². The second-order valence-electron chi connectivity index (χ2n) is 8.55. The molecule has 2 aliphatic rings. The number of hydrogen-bond donors (Lipinski definition) is 2. The van der Waals surface area contributed by atoms with Gasteiger partial charge in [-0.3, -0.25) is 9.59 Å². The lowest BCUT2D eigenvalue weighted by Gasteiger charge is -2.29. The summed E-state index contributed by atoms with van der Waals surface area (Å²) in [5.41, 5.74) is 2.32. The molecule has 0 bridgehead atoms. The first kappa shape index (κ1) is 21.5. The van der Waals surface area contributed by atoms with Crippen molar-refractivity contribution in [3.63, 3.8) is 0 Å². The third-order valence-electron chi connectivity index (χ3n) is 6.35. The van der Waals surface area contributed by atoms with E-state index >= 15 is 0 Å². The molecule has 170 valence electrons.